The van der Waals surface area contributed by atoms with Crippen LogP contribution in [0, 0.1) is 0 Å². The molecule has 0 saturated carbocycles. The molecular formula is C16H18O3. The van der Waals surface area contributed by atoms with E-state index in [-0.39, 0.29) is 11.5 Å². The topological polar surface area (TPSA) is 49.7 Å². The lowest BCUT2D eigenvalue weighted by Gasteiger charge is -2.11. The van der Waals surface area contributed by atoms with Gasteiger partial charge in [-0.2, -0.15) is 0 Å². The summed E-state index contributed by atoms with van der Waals surface area (Å²) in [6.45, 7) is 3.95. The Hall–Kier alpha value is -2.16. The van der Waals surface area contributed by atoms with Crippen molar-refractivity contribution in [2.45, 2.75) is 26.7 Å². The second-order valence-corrected chi connectivity index (χ2v) is 4.36. The predicted molar refractivity (Wildman–Crippen MR) is 75.0 cm³/mol. The van der Waals surface area contributed by atoms with E-state index in [0.717, 1.165) is 24.0 Å². The minimum Gasteiger partial charge on any atom is -0.508 e. The van der Waals surface area contributed by atoms with Gasteiger partial charge in [0.15, 0.2) is 11.5 Å². The molecule has 0 bridgehead atoms. The first-order valence-electron chi connectivity index (χ1n) is 6.46. The first-order chi connectivity index (χ1) is 9.15. The fourth-order valence-corrected chi connectivity index (χ4v) is 1.97. The van der Waals surface area contributed by atoms with Crippen LogP contribution in [0.4, 0.5) is 0 Å². The van der Waals surface area contributed by atoms with Crippen LogP contribution >= 0.6 is 0 Å². The number of benzene rings is 2. The van der Waals surface area contributed by atoms with Crippen molar-refractivity contribution in [2.75, 3.05) is 0 Å². The van der Waals surface area contributed by atoms with Crippen molar-refractivity contribution in [2.24, 2.45) is 0 Å². The summed E-state index contributed by atoms with van der Waals surface area (Å²) in [6, 6.07) is 10.5. The number of ether oxygens (including phenoxy) is 1. The Morgan fingerprint density at radius 3 is 2.37 bits per heavy atom. The van der Waals surface area contributed by atoms with E-state index in [2.05, 4.69) is 0 Å². The van der Waals surface area contributed by atoms with Gasteiger partial charge in [-0.05, 0) is 48.2 Å². The molecule has 2 aromatic rings. The van der Waals surface area contributed by atoms with Crippen LogP contribution in [0.15, 0.2) is 36.4 Å². The van der Waals surface area contributed by atoms with Gasteiger partial charge in [-0.3, -0.25) is 0 Å². The molecule has 0 unspecified atom stereocenters. The van der Waals surface area contributed by atoms with Crippen LogP contribution in [-0.2, 0) is 12.8 Å². The molecular weight excluding hydrogens is 240 g/mol. The standard InChI is InChI=1S/C16H18O3/c1-3-11-6-5-7-15(16(11)18)19-13-8-9-14(17)12(4-2)10-13/h5-10,17-18H,3-4H2,1-2H3. The monoisotopic (exact) mass is 258 g/mol. The van der Waals surface area contributed by atoms with Gasteiger partial charge >= 0.3 is 0 Å². The SMILES string of the molecule is CCc1cc(Oc2cccc(CC)c2O)ccc1O. The predicted octanol–water partition coefficient (Wildman–Crippen LogP) is 4.01. The Morgan fingerprint density at radius 1 is 0.947 bits per heavy atom. The lowest BCUT2D eigenvalue weighted by atomic mass is 10.1. The third-order valence-corrected chi connectivity index (χ3v) is 3.12. The van der Waals surface area contributed by atoms with Crippen LogP contribution in [0.25, 0.3) is 0 Å². The molecule has 0 spiro atoms. The minimum absolute atomic E-state index is 0.177. The van der Waals surface area contributed by atoms with Crippen LogP contribution in [0.2, 0.25) is 0 Å². The number of hydrogen-bond acceptors (Lipinski definition) is 3. The van der Waals surface area contributed by atoms with Crippen molar-refractivity contribution in [3.05, 3.63) is 47.5 Å². The summed E-state index contributed by atoms with van der Waals surface area (Å²) < 4.78 is 5.69. The van der Waals surface area contributed by atoms with Crippen molar-refractivity contribution in [1.29, 1.82) is 0 Å². The van der Waals surface area contributed by atoms with Crippen molar-refractivity contribution in [3.8, 4) is 23.0 Å². The zero-order valence-corrected chi connectivity index (χ0v) is 11.2. The maximum atomic E-state index is 10.1. The minimum atomic E-state index is 0.177. The average Bonchev–Trinajstić information content (AvgIpc) is 2.43. The number of phenols is 2. The molecule has 0 amide bonds. The second kappa shape index (κ2) is 5.65. The smallest absolute Gasteiger partial charge is 0.169 e. The first kappa shape index (κ1) is 13.3. The number of aromatic hydroxyl groups is 2. The molecule has 3 nitrogen and oxygen atoms in total. The van der Waals surface area contributed by atoms with Crippen LogP contribution in [0.5, 0.6) is 23.0 Å². The van der Waals surface area contributed by atoms with Gasteiger partial charge < -0.3 is 14.9 Å². The first-order valence-corrected chi connectivity index (χ1v) is 6.46. The lowest BCUT2D eigenvalue weighted by Crippen LogP contribution is -1.90. The van der Waals surface area contributed by atoms with E-state index in [1.165, 1.54) is 0 Å². The Labute approximate surface area is 113 Å². The fourth-order valence-electron chi connectivity index (χ4n) is 1.97. The van der Waals surface area contributed by atoms with Gasteiger partial charge in [-0.1, -0.05) is 26.0 Å². The quantitative estimate of drug-likeness (QED) is 0.871. The molecule has 0 radical (unpaired) electrons. The highest BCUT2D eigenvalue weighted by Gasteiger charge is 2.09. The van der Waals surface area contributed by atoms with E-state index >= 15 is 0 Å². The zero-order valence-electron chi connectivity index (χ0n) is 11.2. The number of para-hydroxylation sites is 1. The summed E-state index contributed by atoms with van der Waals surface area (Å²) in [5.74, 6) is 1.49. The van der Waals surface area contributed by atoms with E-state index in [9.17, 15) is 10.2 Å². The van der Waals surface area contributed by atoms with Gasteiger partial charge in [0.2, 0.25) is 0 Å². The Balaban J connectivity index is 2.31. The van der Waals surface area contributed by atoms with E-state index in [0.29, 0.717) is 11.5 Å². The zero-order chi connectivity index (χ0) is 13.8. The van der Waals surface area contributed by atoms with Gasteiger partial charge in [-0.15, -0.1) is 0 Å². The molecule has 0 saturated heterocycles. The summed E-state index contributed by atoms with van der Waals surface area (Å²) in [7, 11) is 0. The lowest BCUT2D eigenvalue weighted by molar-refractivity contribution is 0.405. The number of hydrogen-bond donors (Lipinski definition) is 2. The van der Waals surface area contributed by atoms with Crippen LogP contribution < -0.4 is 4.74 Å². The molecule has 0 aromatic heterocycles. The number of phenolic OH excluding ortho intramolecular Hbond substituents is 2. The summed E-state index contributed by atoms with van der Waals surface area (Å²) in [5.41, 5.74) is 1.68. The molecule has 0 fully saturated rings. The summed E-state index contributed by atoms with van der Waals surface area (Å²) in [6.07, 6.45) is 1.48. The van der Waals surface area contributed by atoms with E-state index in [4.69, 9.17) is 4.74 Å². The molecule has 2 aromatic carbocycles. The second-order valence-electron chi connectivity index (χ2n) is 4.36. The summed E-state index contributed by atoms with van der Waals surface area (Å²) >= 11 is 0. The molecule has 2 N–H and O–H groups in total. The fraction of sp³-hybridized carbons (Fsp3) is 0.250. The Kier molecular flexibility index (Phi) is 3.95. The molecule has 3 heteroatoms. The molecule has 0 heterocycles. The molecule has 0 aliphatic heterocycles. The largest absolute Gasteiger partial charge is 0.508 e. The summed E-state index contributed by atoms with van der Waals surface area (Å²) in [4.78, 5) is 0. The molecule has 0 aliphatic carbocycles. The van der Waals surface area contributed by atoms with Gasteiger partial charge in [0.1, 0.15) is 11.5 Å². The maximum absolute atomic E-state index is 10.1. The van der Waals surface area contributed by atoms with Gasteiger partial charge in [0, 0.05) is 0 Å². The highest BCUT2D eigenvalue weighted by Crippen LogP contribution is 2.35. The maximum Gasteiger partial charge on any atom is 0.169 e. The molecule has 100 valence electrons. The highest BCUT2D eigenvalue weighted by molar-refractivity contribution is 5.48. The van der Waals surface area contributed by atoms with Crippen LogP contribution in [0.3, 0.4) is 0 Å². The van der Waals surface area contributed by atoms with Crippen molar-refractivity contribution >= 4 is 0 Å². The average molecular weight is 258 g/mol. The third-order valence-electron chi connectivity index (χ3n) is 3.12. The summed E-state index contributed by atoms with van der Waals surface area (Å²) in [5, 5.41) is 19.7. The third kappa shape index (κ3) is 2.81. The van der Waals surface area contributed by atoms with Crippen molar-refractivity contribution < 1.29 is 14.9 Å². The number of aryl methyl sites for hydroxylation is 2. The van der Waals surface area contributed by atoms with E-state index in [1.54, 1.807) is 24.3 Å². The molecule has 2 rings (SSSR count). The van der Waals surface area contributed by atoms with Gasteiger partial charge in [0.25, 0.3) is 0 Å². The number of rotatable bonds is 4. The van der Waals surface area contributed by atoms with Crippen LogP contribution in [0.1, 0.15) is 25.0 Å². The van der Waals surface area contributed by atoms with Gasteiger partial charge in [-0.25, -0.2) is 0 Å². The molecule has 0 aliphatic rings. The molecule has 19 heavy (non-hydrogen) atoms. The molecule has 0 atom stereocenters. The normalized spacial score (nSPS) is 10.4. The van der Waals surface area contributed by atoms with Gasteiger partial charge in [0.05, 0.1) is 0 Å². The van der Waals surface area contributed by atoms with Crippen molar-refractivity contribution in [3.63, 3.8) is 0 Å². The van der Waals surface area contributed by atoms with Crippen LogP contribution in [-0.4, -0.2) is 10.2 Å². The highest BCUT2D eigenvalue weighted by atomic mass is 16.5. The Morgan fingerprint density at radius 2 is 1.68 bits per heavy atom. The van der Waals surface area contributed by atoms with E-state index < -0.39 is 0 Å². The Bertz CT molecular complexity index is 576. The van der Waals surface area contributed by atoms with Crippen molar-refractivity contribution in [1.82, 2.24) is 0 Å². The van der Waals surface area contributed by atoms with E-state index in [1.807, 2.05) is 26.0 Å².